The zero-order chi connectivity index (χ0) is 22.5. The number of nitrogens with zero attached hydrogens (tertiary/aromatic N) is 2. The van der Waals surface area contributed by atoms with Crippen LogP contribution in [0.1, 0.15) is 44.6 Å². The number of anilines is 1. The highest BCUT2D eigenvalue weighted by atomic mass is 32.1. The van der Waals surface area contributed by atoms with Crippen LogP contribution < -0.4 is 10.6 Å². The van der Waals surface area contributed by atoms with Gasteiger partial charge in [0.25, 0.3) is 11.8 Å². The summed E-state index contributed by atoms with van der Waals surface area (Å²) in [5.41, 5.74) is 3.41. The second-order valence-electron chi connectivity index (χ2n) is 8.00. The lowest BCUT2D eigenvalue weighted by atomic mass is 10.1. The standard InChI is InChI=1S/C24H25N5O2S/c1-15(2)13-21-28-29-24(32-21)23(31)27-18-9-7-16(8-10-18)22(30)25-12-11-17-14-26-20-6-4-3-5-19(17)20/h3-10,14-15,26H,11-13H2,1-2H3,(H,25,30)(H,27,31). The quantitative estimate of drug-likeness (QED) is 0.372. The van der Waals surface area contributed by atoms with Gasteiger partial charge in [-0.2, -0.15) is 0 Å². The molecule has 0 fully saturated rings. The lowest BCUT2D eigenvalue weighted by Crippen LogP contribution is -2.25. The van der Waals surface area contributed by atoms with Gasteiger partial charge in [-0.05, 0) is 48.2 Å². The summed E-state index contributed by atoms with van der Waals surface area (Å²) in [4.78, 5) is 28.1. The summed E-state index contributed by atoms with van der Waals surface area (Å²) >= 11 is 1.30. The zero-order valence-electron chi connectivity index (χ0n) is 18.0. The van der Waals surface area contributed by atoms with E-state index in [-0.39, 0.29) is 11.8 Å². The summed E-state index contributed by atoms with van der Waals surface area (Å²) in [6, 6.07) is 14.9. The summed E-state index contributed by atoms with van der Waals surface area (Å²) in [6.45, 7) is 4.73. The molecule has 0 aliphatic rings. The van der Waals surface area contributed by atoms with Gasteiger partial charge in [-0.1, -0.05) is 43.4 Å². The average Bonchev–Trinajstić information content (AvgIpc) is 3.41. The van der Waals surface area contributed by atoms with Crippen molar-refractivity contribution in [1.82, 2.24) is 20.5 Å². The first kappa shape index (κ1) is 21.7. The number of hydrogen-bond acceptors (Lipinski definition) is 5. The summed E-state index contributed by atoms with van der Waals surface area (Å²) < 4.78 is 0. The monoisotopic (exact) mass is 447 g/mol. The third-order valence-electron chi connectivity index (χ3n) is 5.00. The molecular formula is C24H25N5O2S. The largest absolute Gasteiger partial charge is 0.361 e. The van der Waals surface area contributed by atoms with E-state index in [2.05, 4.69) is 45.7 Å². The van der Waals surface area contributed by atoms with Gasteiger partial charge < -0.3 is 15.6 Å². The fourth-order valence-electron chi connectivity index (χ4n) is 3.42. The number of amides is 2. The Morgan fingerprint density at radius 3 is 2.59 bits per heavy atom. The molecule has 8 heteroatoms. The van der Waals surface area contributed by atoms with E-state index in [4.69, 9.17) is 0 Å². The molecule has 0 saturated carbocycles. The van der Waals surface area contributed by atoms with Crippen molar-refractivity contribution < 1.29 is 9.59 Å². The number of rotatable bonds is 8. The minimum absolute atomic E-state index is 0.148. The summed E-state index contributed by atoms with van der Waals surface area (Å²) in [6.07, 6.45) is 3.53. The van der Waals surface area contributed by atoms with Gasteiger partial charge in [0.15, 0.2) is 0 Å². The van der Waals surface area contributed by atoms with Crippen molar-refractivity contribution in [2.45, 2.75) is 26.7 Å². The van der Waals surface area contributed by atoms with Gasteiger partial charge in [-0.15, -0.1) is 10.2 Å². The second kappa shape index (κ2) is 9.74. The molecule has 4 rings (SSSR count). The molecule has 0 unspecified atom stereocenters. The highest BCUT2D eigenvalue weighted by Gasteiger charge is 2.14. The number of carbonyl (C=O) groups is 2. The molecule has 0 aliphatic heterocycles. The first-order valence-electron chi connectivity index (χ1n) is 10.6. The number of carbonyl (C=O) groups excluding carboxylic acids is 2. The molecule has 0 bridgehead atoms. The van der Waals surface area contributed by atoms with Gasteiger partial charge >= 0.3 is 0 Å². The fraction of sp³-hybridized carbons (Fsp3) is 0.250. The molecule has 4 aromatic rings. The first-order valence-corrected chi connectivity index (χ1v) is 11.4. The zero-order valence-corrected chi connectivity index (χ0v) is 18.8. The molecule has 2 aromatic carbocycles. The molecule has 2 heterocycles. The van der Waals surface area contributed by atoms with E-state index in [9.17, 15) is 9.59 Å². The molecule has 7 nitrogen and oxygen atoms in total. The fourth-order valence-corrected chi connectivity index (χ4v) is 4.36. The third kappa shape index (κ3) is 5.20. The van der Waals surface area contributed by atoms with Crippen molar-refractivity contribution in [3.63, 3.8) is 0 Å². The molecule has 0 aliphatic carbocycles. The van der Waals surface area contributed by atoms with E-state index in [1.54, 1.807) is 24.3 Å². The number of benzene rings is 2. The van der Waals surface area contributed by atoms with Crippen LogP contribution in [0.25, 0.3) is 10.9 Å². The molecule has 0 atom stereocenters. The molecule has 0 radical (unpaired) electrons. The average molecular weight is 448 g/mol. The Morgan fingerprint density at radius 2 is 1.81 bits per heavy atom. The number of H-pyrrole nitrogens is 1. The van der Waals surface area contributed by atoms with Crippen LogP contribution in [-0.4, -0.2) is 33.5 Å². The van der Waals surface area contributed by atoms with Crippen molar-refractivity contribution in [2.24, 2.45) is 5.92 Å². The number of fused-ring (bicyclic) bond motifs is 1. The number of nitrogens with one attached hydrogen (secondary N) is 3. The number of hydrogen-bond donors (Lipinski definition) is 3. The van der Waals surface area contributed by atoms with E-state index in [0.717, 1.165) is 23.4 Å². The molecule has 3 N–H and O–H groups in total. The maximum atomic E-state index is 12.5. The van der Waals surface area contributed by atoms with Crippen LogP contribution in [0.15, 0.2) is 54.7 Å². The Hall–Kier alpha value is -3.52. The summed E-state index contributed by atoms with van der Waals surface area (Å²) in [5, 5.41) is 16.2. The Morgan fingerprint density at radius 1 is 1.03 bits per heavy atom. The van der Waals surface area contributed by atoms with E-state index < -0.39 is 0 Å². The van der Waals surface area contributed by atoms with Gasteiger partial charge in [-0.3, -0.25) is 9.59 Å². The first-order chi connectivity index (χ1) is 15.5. The number of para-hydroxylation sites is 1. The van der Waals surface area contributed by atoms with Crippen molar-refractivity contribution >= 4 is 39.7 Å². The molecule has 164 valence electrons. The van der Waals surface area contributed by atoms with Crippen LogP contribution in [0.4, 0.5) is 5.69 Å². The minimum Gasteiger partial charge on any atom is -0.361 e. The molecule has 32 heavy (non-hydrogen) atoms. The van der Waals surface area contributed by atoms with Gasteiger partial charge in [0.05, 0.1) is 0 Å². The van der Waals surface area contributed by atoms with Gasteiger partial charge in [0.1, 0.15) is 5.01 Å². The number of aromatic amines is 1. The van der Waals surface area contributed by atoms with E-state index >= 15 is 0 Å². The van der Waals surface area contributed by atoms with Crippen molar-refractivity contribution in [1.29, 1.82) is 0 Å². The van der Waals surface area contributed by atoms with Crippen LogP contribution in [0.2, 0.25) is 0 Å². The van der Waals surface area contributed by atoms with Crippen LogP contribution in [0.3, 0.4) is 0 Å². The Balaban J connectivity index is 1.29. The van der Waals surface area contributed by atoms with Crippen LogP contribution in [-0.2, 0) is 12.8 Å². The Kier molecular flexibility index (Phi) is 6.61. The SMILES string of the molecule is CC(C)Cc1nnc(C(=O)Nc2ccc(C(=O)NCCc3c[nH]c4ccccc34)cc2)s1. The lowest BCUT2D eigenvalue weighted by molar-refractivity contribution is 0.0953. The predicted molar refractivity (Wildman–Crippen MR) is 127 cm³/mol. The Bertz CT molecular complexity index is 1230. The maximum absolute atomic E-state index is 12.5. The van der Waals surface area contributed by atoms with E-state index in [1.807, 2.05) is 24.4 Å². The van der Waals surface area contributed by atoms with Crippen LogP contribution in [0, 0.1) is 5.92 Å². The highest BCUT2D eigenvalue weighted by Crippen LogP contribution is 2.18. The molecule has 2 amide bonds. The van der Waals surface area contributed by atoms with Crippen molar-refractivity contribution in [3.8, 4) is 0 Å². The number of aromatic nitrogens is 3. The third-order valence-corrected chi connectivity index (χ3v) is 5.95. The smallest absolute Gasteiger partial charge is 0.286 e. The minimum atomic E-state index is -0.298. The predicted octanol–water partition coefficient (Wildman–Crippen LogP) is 4.44. The van der Waals surface area contributed by atoms with E-state index in [1.165, 1.54) is 22.3 Å². The van der Waals surface area contributed by atoms with Crippen LogP contribution >= 0.6 is 11.3 Å². The lowest BCUT2D eigenvalue weighted by Gasteiger charge is -2.07. The summed E-state index contributed by atoms with van der Waals surface area (Å²) in [5.74, 6) is 0.0125. The highest BCUT2D eigenvalue weighted by molar-refractivity contribution is 7.13. The molecule has 2 aromatic heterocycles. The molecule has 0 spiro atoms. The van der Waals surface area contributed by atoms with Gasteiger partial charge in [-0.25, -0.2) is 0 Å². The van der Waals surface area contributed by atoms with Crippen LogP contribution in [0.5, 0.6) is 0 Å². The van der Waals surface area contributed by atoms with Crippen molar-refractivity contribution in [3.05, 3.63) is 75.9 Å². The van der Waals surface area contributed by atoms with E-state index in [0.29, 0.717) is 28.7 Å². The van der Waals surface area contributed by atoms with Gasteiger partial charge in [0, 0.05) is 41.3 Å². The second-order valence-corrected chi connectivity index (χ2v) is 9.06. The summed E-state index contributed by atoms with van der Waals surface area (Å²) in [7, 11) is 0. The molecular weight excluding hydrogens is 422 g/mol. The Labute approximate surface area is 190 Å². The maximum Gasteiger partial charge on any atom is 0.286 e. The van der Waals surface area contributed by atoms with Crippen molar-refractivity contribution in [2.75, 3.05) is 11.9 Å². The normalized spacial score (nSPS) is 11.1. The van der Waals surface area contributed by atoms with Gasteiger partial charge in [0.2, 0.25) is 5.01 Å². The molecule has 0 saturated heterocycles. The topological polar surface area (TPSA) is 99.8 Å².